The van der Waals surface area contributed by atoms with Gasteiger partial charge in [-0.3, -0.25) is 4.79 Å². The van der Waals surface area contributed by atoms with E-state index >= 15 is 0 Å². The van der Waals surface area contributed by atoms with E-state index in [2.05, 4.69) is 24.3 Å². The zero-order valence-corrected chi connectivity index (χ0v) is 9.44. The summed E-state index contributed by atoms with van der Waals surface area (Å²) in [6.07, 6.45) is 3.60. The highest BCUT2D eigenvalue weighted by atomic mass is 16.1. The lowest BCUT2D eigenvalue weighted by molar-refractivity contribution is -0.114. The number of aryl methyl sites for hydroxylation is 1. The summed E-state index contributed by atoms with van der Waals surface area (Å²) >= 11 is 0. The average Bonchev–Trinajstić information content (AvgIpc) is 2.38. The van der Waals surface area contributed by atoms with Gasteiger partial charge in [0, 0.05) is 5.57 Å². The van der Waals surface area contributed by atoms with Crippen molar-refractivity contribution in [2.24, 2.45) is 5.73 Å². The molecule has 0 unspecified atom stereocenters. The van der Waals surface area contributed by atoms with E-state index in [0.717, 1.165) is 24.0 Å². The molecule has 1 aliphatic carbocycles. The Morgan fingerprint density at radius 1 is 1.06 bits per heavy atom. The molecule has 1 amide bonds. The van der Waals surface area contributed by atoms with Crippen LogP contribution in [0.25, 0.3) is 16.8 Å². The van der Waals surface area contributed by atoms with Crippen LogP contribution < -0.4 is 5.73 Å². The molecule has 84 valence electrons. The van der Waals surface area contributed by atoms with Crippen molar-refractivity contribution in [3.05, 3.63) is 53.1 Å². The summed E-state index contributed by atoms with van der Waals surface area (Å²) in [5, 5.41) is 2.40. The van der Waals surface area contributed by atoms with Gasteiger partial charge in [-0.25, -0.2) is 0 Å². The van der Waals surface area contributed by atoms with Gasteiger partial charge in [0.2, 0.25) is 5.91 Å². The van der Waals surface area contributed by atoms with Gasteiger partial charge >= 0.3 is 0 Å². The minimum atomic E-state index is -0.302. The fourth-order valence-electron chi connectivity index (χ4n) is 2.44. The highest BCUT2D eigenvalue weighted by molar-refractivity contribution is 6.01. The summed E-state index contributed by atoms with van der Waals surface area (Å²) in [4.78, 5) is 11.3. The van der Waals surface area contributed by atoms with E-state index in [9.17, 15) is 4.79 Å². The maximum absolute atomic E-state index is 11.3. The second-order valence-corrected chi connectivity index (χ2v) is 4.39. The lowest BCUT2D eigenvalue weighted by Gasteiger charge is -2.16. The Hall–Kier alpha value is -2.09. The number of carbonyl (C=O) groups excluding carboxylic acids is 1. The molecule has 2 aromatic carbocycles. The van der Waals surface area contributed by atoms with Crippen LogP contribution in [-0.2, 0) is 11.2 Å². The van der Waals surface area contributed by atoms with Crippen molar-refractivity contribution < 1.29 is 4.79 Å². The molecule has 2 nitrogen and oxygen atoms in total. The fraction of sp³-hybridized carbons (Fsp3) is 0.133. The zero-order valence-electron chi connectivity index (χ0n) is 9.44. The summed E-state index contributed by atoms with van der Waals surface area (Å²) in [7, 11) is 0. The van der Waals surface area contributed by atoms with Gasteiger partial charge in [0.15, 0.2) is 0 Å². The van der Waals surface area contributed by atoms with E-state index in [1.54, 1.807) is 0 Å². The first-order chi connectivity index (χ1) is 8.25. The second kappa shape index (κ2) is 3.74. The Kier molecular flexibility index (Phi) is 2.22. The number of benzene rings is 2. The molecule has 17 heavy (non-hydrogen) atoms. The van der Waals surface area contributed by atoms with Crippen LogP contribution in [0.1, 0.15) is 17.5 Å². The Labute approximate surface area is 99.7 Å². The summed E-state index contributed by atoms with van der Waals surface area (Å²) < 4.78 is 0. The molecule has 0 heterocycles. The summed E-state index contributed by atoms with van der Waals surface area (Å²) in [6, 6.07) is 12.5. The Bertz CT molecular complexity index is 640. The van der Waals surface area contributed by atoms with Gasteiger partial charge < -0.3 is 5.73 Å². The zero-order chi connectivity index (χ0) is 11.8. The third kappa shape index (κ3) is 1.62. The van der Waals surface area contributed by atoms with E-state index in [1.807, 2.05) is 18.2 Å². The molecule has 0 aliphatic heterocycles. The predicted molar refractivity (Wildman–Crippen MR) is 69.4 cm³/mol. The number of rotatable bonds is 1. The molecule has 2 N–H and O–H groups in total. The molecular weight excluding hydrogens is 210 g/mol. The first-order valence-corrected chi connectivity index (χ1v) is 5.77. The first-order valence-electron chi connectivity index (χ1n) is 5.77. The number of amides is 1. The maximum atomic E-state index is 11.3. The molecule has 2 heteroatoms. The standard InChI is InChI=1S/C15H13NO/c16-15(17)12-8-7-11-6-5-10-3-1-2-4-13(10)14(11)9-12/h1-6,9H,7-8H2,(H2,16,17). The molecule has 0 bridgehead atoms. The van der Waals surface area contributed by atoms with Crippen LogP contribution in [0.2, 0.25) is 0 Å². The predicted octanol–water partition coefficient (Wildman–Crippen LogP) is 2.65. The fourth-order valence-corrected chi connectivity index (χ4v) is 2.44. The molecule has 0 aromatic heterocycles. The SMILES string of the molecule is NC(=O)C1=Cc2c(ccc3ccccc23)CC1. The Balaban J connectivity index is 2.30. The number of hydrogen-bond donors (Lipinski definition) is 1. The highest BCUT2D eigenvalue weighted by Crippen LogP contribution is 2.30. The molecule has 0 fully saturated rings. The Morgan fingerprint density at radius 3 is 2.71 bits per heavy atom. The third-order valence-electron chi connectivity index (χ3n) is 3.36. The van der Waals surface area contributed by atoms with Crippen molar-refractivity contribution in [3.8, 4) is 0 Å². The smallest absolute Gasteiger partial charge is 0.244 e. The number of nitrogens with two attached hydrogens (primary N) is 1. The van der Waals surface area contributed by atoms with Gasteiger partial charge in [0.1, 0.15) is 0 Å². The quantitative estimate of drug-likeness (QED) is 0.793. The van der Waals surface area contributed by atoms with E-state index in [-0.39, 0.29) is 5.91 Å². The normalized spacial score (nSPS) is 14.2. The summed E-state index contributed by atoms with van der Waals surface area (Å²) in [5.41, 5.74) is 8.55. The lowest BCUT2D eigenvalue weighted by atomic mass is 9.88. The topological polar surface area (TPSA) is 43.1 Å². The number of hydrogen-bond acceptors (Lipinski definition) is 1. The van der Waals surface area contributed by atoms with Gasteiger partial charge in [0.05, 0.1) is 0 Å². The maximum Gasteiger partial charge on any atom is 0.244 e. The average molecular weight is 223 g/mol. The van der Waals surface area contributed by atoms with Gasteiger partial charge in [-0.2, -0.15) is 0 Å². The van der Waals surface area contributed by atoms with Gasteiger partial charge in [-0.05, 0) is 40.8 Å². The molecule has 0 atom stereocenters. The summed E-state index contributed by atoms with van der Waals surface area (Å²) in [5.74, 6) is -0.302. The van der Waals surface area contributed by atoms with Crippen LogP contribution in [0, 0.1) is 0 Å². The number of carbonyl (C=O) groups is 1. The van der Waals surface area contributed by atoms with Gasteiger partial charge in [0.25, 0.3) is 0 Å². The van der Waals surface area contributed by atoms with Crippen molar-refractivity contribution in [2.45, 2.75) is 12.8 Å². The van der Waals surface area contributed by atoms with Crippen LogP contribution in [-0.4, -0.2) is 5.91 Å². The molecule has 0 radical (unpaired) electrons. The van der Waals surface area contributed by atoms with Crippen molar-refractivity contribution >= 4 is 22.8 Å². The number of fused-ring (bicyclic) bond motifs is 3. The van der Waals surface area contributed by atoms with E-state index < -0.39 is 0 Å². The first kappa shape index (κ1) is 10.1. The molecule has 3 rings (SSSR count). The molecule has 0 spiro atoms. The lowest BCUT2D eigenvalue weighted by Crippen LogP contribution is -2.16. The van der Waals surface area contributed by atoms with E-state index in [1.165, 1.54) is 16.3 Å². The molecule has 0 saturated heterocycles. The van der Waals surface area contributed by atoms with Crippen LogP contribution in [0.4, 0.5) is 0 Å². The largest absolute Gasteiger partial charge is 0.366 e. The minimum Gasteiger partial charge on any atom is -0.366 e. The van der Waals surface area contributed by atoms with Crippen LogP contribution >= 0.6 is 0 Å². The van der Waals surface area contributed by atoms with Crippen molar-refractivity contribution in [3.63, 3.8) is 0 Å². The molecular formula is C15H13NO. The third-order valence-corrected chi connectivity index (χ3v) is 3.36. The van der Waals surface area contributed by atoms with E-state index in [4.69, 9.17) is 5.73 Å². The van der Waals surface area contributed by atoms with Crippen molar-refractivity contribution in [1.82, 2.24) is 0 Å². The van der Waals surface area contributed by atoms with Gasteiger partial charge in [-0.15, -0.1) is 0 Å². The minimum absolute atomic E-state index is 0.302. The van der Waals surface area contributed by atoms with Crippen LogP contribution in [0.5, 0.6) is 0 Å². The molecule has 2 aromatic rings. The second-order valence-electron chi connectivity index (χ2n) is 4.39. The van der Waals surface area contributed by atoms with Crippen molar-refractivity contribution in [2.75, 3.05) is 0 Å². The van der Waals surface area contributed by atoms with Crippen LogP contribution in [0.15, 0.2) is 42.0 Å². The van der Waals surface area contributed by atoms with Crippen molar-refractivity contribution in [1.29, 1.82) is 0 Å². The number of primary amides is 1. The van der Waals surface area contributed by atoms with E-state index in [0.29, 0.717) is 0 Å². The molecule has 1 aliphatic rings. The Morgan fingerprint density at radius 2 is 1.88 bits per heavy atom. The highest BCUT2D eigenvalue weighted by Gasteiger charge is 2.15. The summed E-state index contributed by atoms with van der Waals surface area (Å²) in [6.45, 7) is 0. The molecule has 0 saturated carbocycles. The van der Waals surface area contributed by atoms with Gasteiger partial charge in [-0.1, -0.05) is 36.4 Å². The van der Waals surface area contributed by atoms with Crippen LogP contribution in [0.3, 0.4) is 0 Å². The monoisotopic (exact) mass is 223 g/mol.